The highest BCUT2D eigenvalue weighted by Crippen LogP contribution is 2.80. The van der Waals surface area contributed by atoms with Crippen LogP contribution in [-0.4, -0.2) is 17.4 Å². The molecule has 1 unspecified atom stereocenters. The van der Waals surface area contributed by atoms with Crippen LogP contribution in [0.25, 0.3) is 0 Å². The number of carbonyl (C=O) groups excluding carboxylic acids is 1. The molecule has 4 rings (SSSR count). The van der Waals surface area contributed by atoms with E-state index in [1.54, 1.807) is 0 Å². The molecule has 1 aliphatic heterocycles. The summed E-state index contributed by atoms with van der Waals surface area (Å²) < 4.78 is 4.85. The van der Waals surface area contributed by atoms with Gasteiger partial charge in [0.15, 0.2) is 0 Å². The Morgan fingerprint density at radius 2 is 2.09 bits per heavy atom. The summed E-state index contributed by atoms with van der Waals surface area (Å²) in [5.41, 5.74) is 2.30. The van der Waals surface area contributed by atoms with Gasteiger partial charge in [0, 0.05) is 11.6 Å². The van der Waals surface area contributed by atoms with Gasteiger partial charge < -0.3 is 9.84 Å². The first-order valence-electron chi connectivity index (χ1n) is 9.40. The van der Waals surface area contributed by atoms with Gasteiger partial charge in [-0.3, -0.25) is 0 Å². The van der Waals surface area contributed by atoms with E-state index in [1.165, 1.54) is 44.6 Å². The smallest absolute Gasteiger partial charge is 0.333 e. The minimum absolute atomic E-state index is 0.322. The number of hydrogen-bond acceptors (Lipinski definition) is 3. The molecule has 1 N–H and O–H groups in total. The van der Waals surface area contributed by atoms with Crippen molar-refractivity contribution in [1.29, 1.82) is 0 Å². The summed E-state index contributed by atoms with van der Waals surface area (Å²) in [6.45, 7) is 7.42. The van der Waals surface area contributed by atoms with Crippen molar-refractivity contribution in [3.05, 3.63) is 11.6 Å². The number of carbonyl (C=O) groups is 1. The summed E-state index contributed by atoms with van der Waals surface area (Å²) >= 11 is 0. The van der Waals surface area contributed by atoms with Crippen molar-refractivity contribution in [3.63, 3.8) is 0 Å². The summed E-state index contributed by atoms with van der Waals surface area (Å²) in [6.07, 6.45) is 10.7. The van der Waals surface area contributed by atoms with Crippen molar-refractivity contribution in [2.75, 3.05) is 0 Å². The molecule has 23 heavy (non-hydrogen) atoms. The van der Waals surface area contributed by atoms with Gasteiger partial charge in [0.05, 0.1) is 0 Å². The van der Waals surface area contributed by atoms with Crippen LogP contribution in [0.5, 0.6) is 0 Å². The lowest BCUT2D eigenvalue weighted by Gasteiger charge is -2.55. The Balaban J connectivity index is 1.55. The number of hydrogen-bond donors (Lipinski definition) is 1. The molecule has 4 aliphatic rings. The van der Waals surface area contributed by atoms with Gasteiger partial charge in [-0.25, -0.2) is 4.79 Å². The number of cyclic esters (lactones) is 1. The van der Waals surface area contributed by atoms with Gasteiger partial charge in [-0.2, -0.15) is 0 Å². The molecule has 128 valence electrons. The quantitative estimate of drug-likeness (QED) is 0.793. The van der Waals surface area contributed by atoms with Crippen LogP contribution in [0.3, 0.4) is 0 Å². The van der Waals surface area contributed by atoms with Crippen LogP contribution in [0, 0.1) is 28.1 Å². The van der Waals surface area contributed by atoms with Gasteiger partial charge in [-0.05, 0) is 73.0 Å². The maximum Gasteiger partial charge on any atom is 0.333 e. The number of esters is 1. The van der Waals surface area contributed by atoms with E-state index in [9.17, 15) is 9.90 Å². The molecule has 3 saturated carbocycles. The maximum atomic E-state index is 11.3. The second-order valence-corrected chi connectivity index (χ2v) is 9.29. The second kappa shape index (κ2) is 4.84. The molecule has 3 nitrogen and oxygen atoms in total. The molecular weight excluding hydrogens is 288 g/mol. The summed E-state index contributed by atoms with van der Waals surface area (Å²) in [5.74, 6) is 1.14. The Labute approximate surface area is 139 Å². The van der Waals surface area contributed by atoms with Crippen molar-refractivity contribution < 1.29 is 14.6 Å². The first kappa shape index (κ1) is 15.7. The van der Waals surface area contributed by atoms with Crippen LogP contribution in [0.1, 0.15) is 72.1 Å². The van der Waals surface area contributed by atoms with Gasteiger partial charge in [0.2, 0.25) is 6.29 Å². The third-order valence-electron chi connectivity index (χ3n) is 8.42. The molecule has 0 aromatic carbocycles. The third-order valence-corrected chi connectivity index (χ3v) is 8.42. The Bertz CT molecular complexity index is 567. The summed E-state index contributed by atoms with van der Waals surface area (Å²) in [5, 5.41) is 9.86. The van der Waals surface area contributed by atoms with E-state index in [0.717, 1.165) is 30.3 Å². The largest absolute Gasteiger partial charge is 0.429 e. The van der Waals surface area contributed by atoms with Gasteiger partial charge >= 0.3 is 5.97 Å². The molecule has 0 saturated heterocycles. The number of aliphatic hydroxyl groups is 1. The molecular formula is C20H30O3. The van der Waals surface area contributed by atoms with Crippen LogP contribution in [0.2, 0.25) is 0 Å². The molecule has 0 aromatic rings. The number of ether oxygens (including phenoxy) is 1. The van der Waals surface area contributed by atoms with Crippen molar-refractivity contribution in [3.8, 4) is 0 Å². The highest BCUT2D eigenvalue weighted by atomic mass is 16.6. The average Bonchev–Trinajstić information content (AvgIpc) is 2.99. The summed E-state index contributed by atoms with van der Waals surface area (Å²) in [6, 6.07) is 0. The maximum absolute atomic E-state index is 11.3. The highest BCUT2D eigenvalue weighted by molar-refractivity contribution is 5.85. The minimum atomic E-state index is -1.00. The Hall–Kier alpha value is -0.830. The fourth-order valence-corrected chi connectivity index (χ4v) is 6.65. The molecule has 0 bridgehead atoms. The zero-order valence-corrected chi connectivity index (χ0v) is 14.7. The minimum Gasteiger partial charge on any atom is -0.429 e. The van der Waals surface area contributed by atoms with Crippen LogP contribution < -0.4 is 0 Å². The Morgan fingerprint density at radius 3 is 2.78 bits per heavy atom. The van der Waals surface area contributed by atoms with E-state index in [-0.39, 0.29) is 0 Å². The first-order valence-corrected chi connectivity index (χ1v) is 9.40. The number of rotatable bonds is 3. The molecule has 3 heteroatoms. The van der Waals surface area contributed by atoms with Gasteiger partial charge in [-0.15, -0.1) is 0 Å². The fourth-order valence-electron chi connectivity index (χ4n) is 6.65. The molecule has 0 radical (unpaired) electrons. The molecule has 6 atom stereocenters. The zero-order chi connectivity index (χ0) is 16.5. The topological polar surface area (TPSA) is 46.5 Å². The highest BCUT2D eigenvalue weighted by Gasteiger charge is 2.72. The standard InChI is InChI=1S/C20H30O3/c1-13-6-10-20-12-18(20,2)8-4-5-15(20)19(13,3)9-7-14-11-16(21)23-17(14)22/h11,13,15,17,22H,4-10,12H2,1-3H3/t13-,15-,17?,18+,19+,20+/m1/s1. The molecule has 3 fully saturated rings. The van der Waals surface area contributed by atoms with E-state index in [1.807, 2.05) is 0 Å². The predicted octanol–water partition coefficient (Wildman–Crippen LogP) is 4.20. The van der Waals surface area contributed by atoms with E-state index in [0.29, 0.717) is 16.2 Å². The van der Waals surface area contributed by atoms with E-state index in [4.69, 9.17) is 4.74 Å². The molecule has 3 aliphatic carbocycles. The van der Waals surface area contributed by atoms with Crippen molar-refractivity contribution in [1.82, 2.24) is 0 Å². The van der Waals surface area contributed by atoms with Crippen LogP contribution in [-0.2, 0) is 9.53 Å². The first-order chi connectivity index (χ1) is 10.8. The predicted molar refractivity (Wildman–Crippen MR) is 88.4 cm³/mol. The lowest BCUT2D eigenvalue weighted by atomic mass is 9.50. The zero-order valence-electron chi connectivity index (χ0n) is 14.7. The average molecular weight is 318 g/mol. The summed E-state index contributed by atoms with van der Waals surface area (Å²) in [4.78, 5) is 11.3. The lowest BCUT2D eigenvalue weighted by Crippen LogP contribution is -2.47. The van der Waals surface area contributed by atoms with Gasteiger partial charge in [0.1, 0.15) is 0 Å². The van der Waals surface area contributed by atoms with E-state index < -0.39 is 12.3 Å². The van der Waals surface area contributed by atoms with Crippen LogP contribution in [0.15, 0.2) is 11.6 Å². The van der Waals surface area contributed by atoms with E-state index >= 15 is 0 Å². The van der Waals surface area contributed by atoms with Crippen molar-refractivity contribution >= 4 is 5.97 Å². The monoisotopic (exact) mass is 318 g/mol. The van der Waals surface area contributed by atoms with Crippen molar-refractivity contribution in [2.45, 2.75) is 78.4 Å². The fraction of sp³-hybridized carbons (Fsp3) is 0.850. The molecule has 0 amide bonds. The third kappa shape index (κ3) is 2.08. The number of aliphatic hydroxyl groups excluding tert-OH is 1. The van der Waals surface area contributed by atoms with Crippen LogP contribution in [0.4, 0.5) is 0 Å². The molecule has 0 aromatic heterocycles. The SMILES string of the molecule is C[C@@H]1CC[C@@]23C[C@]2(C)CCC[C@@H]3[C@@]1(C)CCC1=CC(=O)OC1O. The Kier molecular flexibility index (Phi) is 3.30. The Morgan fingerprint density at radius 1 is 1.30 bits per heavy atom. The van der Waals surface area contributed by atoms with Crippen LogP contribution >= 0.6 is 0 Å². The van der Waals surface area contributed by atoms with E-state index in [2.05, 4.69) is 20.8 Å². The lowest BCUT2D eigenvalue weighted by molar-refractivity contribution is -0.151. The summed E-state index contributed by atoms with van der Waals surface area (Å²) in [7, 11) is 0. The van der Waals surface area contributed by atoms with Gasteiger partial charge in [-0.1, -0.05) is 27.2 Å². The van der Waals surface area contributed by atoms with Gasteiger partial charge in [0.25, 0.3) is 0 Å². The van der Waals surface area contributed by atoms with Crippen molar-refractivity contribution in [2.24, 2.45) is 28.1 Å². The normalized spacial score (nSPS) is 51.6. The second-order valence-electron chi connectivity index (χ2n) is 9.29. The molecule has 1 spiro atoms. The molecule has 1 heterocycles.